The van der Waals surface area contributed by atoms with Crippen LogP contribution in [0.4, 0.5) is 0 Å². The van der Waals surface area contributed by atoms with Gasteiger partial charge in [-0.3, -0.25) is 4.79 Å². The van der Waals surface area contributed by atoms with Crippen LogP contribution < -0.4 is 0 Å². The molecule has 0 aliphatic rings. The Balaban J connectivity index is 3.21. The van der Waals surface area contributed by atoms with E-state index in [9.17, 15) is 19.8 Å². The van der Waals surface area contributed by atoms with E-state index >= 15 is 0 Å². The SMILES string of the molecule is O=C(O)Cc1c(O)cc(C(=O)O)cc1O. The van der Waals surface area contributed by atoms with Gasteiger partial charge in [0, 0.05) is 5.56 Å². The summed E-state index contributed by atoms with van der Waals surface area (Å²) in [5, 5.41) is 35.6. The third-order valence-corrected chi connectivity index (χ3v) is 1.78. The highest BCUT2D eigenvalue weighted by atomic mass is 16.4. The van der Waals surface area contributed by atoms with Crippen LogP contribution in [0.15, 0.2) is 12.1 Å². The van der Waals surface area contributed by atoms with Crippen LogP contribution in [0.25, 0.3) is 0 Å². The van der Waals surface area contributed by atoms with Gasteiger partial charge in [-0.05, 0) is 12.1 Å². The summed E-state index contributed by atoms with van der Waals surface area (Å²) in [6.07, 6.45) is -0.572. The van der Waals surface area contributed by atoms with Crippen molar-refractivity contribution in [2.45, 2.75) is 6.42 Å². The Morgan fingerprint density at radius 1 is 1.07 bits per heavy atom. The van der Waals surface area contributed by atoms with E-state index in [4.69, 9.17) is 10.2 Å². The van der Waals surface area contributed by atoms with E-state index in [2.05, 4.69) is 0 Å². The fourth-order valence-corrected chi connectivity index (χ4v) is 1.10. The molecule has 80 valence electrons. The van der Waals surface area contributed by atoms with Crippen LogP contribution in [0.5, 0.6) is 11.5 Å². The number of aromatic hydroxyl groups is 2. The summed E-state index contributed by atoms with van der Waals surface area (Å²) in [6.45, 7) is 0. The second kappa shape index (κ2) is 3.87. The number of aliphatic carboxylic acids is 1. The summed E-state index contributed by atoms with van der Waals surface area (Å²) in [5.74, 6) is -3.64. The molecule has 0 spiro atoms. The normalized spacial score (nSPS) is 9.87. The van der Waals surface area contributed by atoms with Gasteiger partial charge in [0.1, 0.15) is 11.5 Å². The molecule has 0 radical (unpaired) electrons. The zero-order chi connectivity index (χ0) is 11.6. The number of aromatic carboxylic acids is 1. The first-order valence-electron chi connectivity index (χ1n) is 3.91. The van der Waals surface area contributed by atoms with E-state index in [1.807, 2.05) is 0 Å². The maximum absolute atomic E-state index is 10.5. The number of carboxylic acids is 2. The summed E-state index contributed by atoms with van der Waals surface area (Å²) in [7, 11) is 0. The molecule has 0 aromatic heterocycles. The average Bonchev–Trinajstić information content (AvgIpc) is 2.10. The van der Waals surface area contributed by atoms with E-state index in [0.29, 0.717) is 0 Å². The molecule has 4 N–H and O–H groups in total. The number of benzene rings is 1. The molecule has 0 heterocycles. The minimum absolute atomic E-state index is 0.201. The number of hydrogen-bond acceptors (Lipinski definition) is 4. The maximum atomic E-state index is 10.5. The zero-order valence-corrected chi connectivity index (χ0v) is 7.47. The molecule has 0 saturated heterocycles. The topological polar surface area (TPSA) is 115 Å². The molecule has 1 aromatic rings. The molecule has 0 aliphatic carbocycles. The van der Waals surface area contributed by atoms with Gasteiger partial charge in [0.05, 0.1) is 12.0 Å². The number of hydrogen-bond donors (Lipinski definition) is 4. The summed E-state index contributed by atoms with van der Waals surface area (Å²) < 4.78 is 0. The predicted octanol–water partition coefficient (Wildman–Crippen LogP) is 0.423. The molecule has 6 nitrogen and oxygen atoms in total. The van der Waals surface area contributed by atoms with Crippen LogP contribution in [0.3, 0.4) is 0 Å². The van der Waals surface area contributed by atoms with Crippen molar-refractivity contribution in [2.75, 3.05) is 0 Å². The van der Waals surface area contributed by atoms with Crippen molar-refractivity contribution >= 4 is 11.9 Å². The molecular weight excluding hydrogens is 204 g/mol. The predicted molar refractivity (Wildman–Crippen MR) is 48.1 cm³/mol. The van der Waals surface area contributed by atoms with Crippen LogP contribution in [0.1, 0.15) is 15.9 Å². The number of carbonyl (C=O) groups is 2. The second-order valence-electron chi connectivity index (χ2n) is 2.87. The molecule has 0 atom stereocenters. The number of rotatable bonds is 3. The Morgan fingerprint density at radius 2 is 1.53 bits per heavy atom. The standard InChI is InChI=1S/C9H8O6/c10-6-1-4(9(14)15)2-7(11)5(6)3-8(12)13/h1-2,10-11H,3H2,(H,12,13)(H,14,15). The Labute approximate surface area is 84.0 Å². The fourth-order valence-electron chi connectivity index (χ4n) is 1.10. The van der Waals surface area contributed by atoms with E-state index in [1.54, 1.807) is 0 Å². The lowest BCUT2D eigenvalue weighted by atomic mass is 10.1. The molecule has 0 unspecified atom stereocenters. The van der Waals surface area contributed by atoms with Crippen molar-refractivity contribution in [2.24, 2.45) is 0 Å². The average molecular weight is 212 g/mol. The monoisotopic (exact) mass is 212 g/mol. The van der Waals surface area contributed by atoms with Crippen molar-refractivity contribution in [1.29, 1.82) is 0 Å². The van der Waals surface area contributed by atoms with E-state index in [1.165, 1.54) is 0 Å². The van der Waals surface area contributed by atoms with Crippen molar-refractivity contribution in [3.63, 3.8) is 0 Å². The minimum atomic E-state index is -1.32. The molecule has 0 fully saturated rings. The highest BCUT2D eigenvalue weighted by Gasteiger charge is 2.15. The fraction of sp³-hybridized carbons (Fsp3) is 0.111. The van der Waals surface area contributed by atoms with Crippen molar-refractivity contribution in [1.82, 2.24) is 0 Å². The van der Waals surface area contributed by atoms with Crippen molar-refractivity contribution < 1.29 is 30.0 Å². The minimum Gasteiger partial charge on any atom is -0.507 e. The third-order valence-electron chi connectivity index (χ3n) is 1.78. The van der Waals surface area contributed by atoms with Crippen LogP contribution in [0, 0.1) is 0 Å². The van der Waals surface area contributed by atoms with Gasteiger partial charge >= 0.3 is 11.9 Å². The van der Waals surface area contributed by atoms with Gasteiger partial charge < -0.3 is 20.4 Å². The highest BCUT2D eigenvalue weighted by molar-refractivity contribution is 5.89. The zero-order valence-electron chi connectivity index (χ0n) is 7.47. The second-order valence-corrected chi connectivity index (χ2v) is 2.87. The summed E-state index contributed by atoms with van der Waals surface area (Å²) in [4.78, 5) is 20.9. The van der Waals surface area contributed by atoms with Gasteiger partial charge in [0.15, 0.2) is 0 Å². The molecule has 0 bridgehead atoms. The van der Waals surface area contributed by atoms with E-state index in [0.717, 1.165) is 12.1 Å². The van der Waals surface area contributed by atoms with Gasteiger partial charge in [0.25, 0.3) is 0 Å². The Kier molecular flexibility index (Phi) is 2.80. The van der Waals surface area contributed by atoms with Crippen LogP contribution in [-0.2, 0) is 11.2 Å². The molecule has 1 aromatic carbocycles. The number of carboxylic acid groups (broad SMARTS) is 2. The molecule has 15 heavy (non-hydrogen) atoms. The summed E-state index contributed by atoms with van der Waals surface area (Å²) in [5.41, 5.74) is -0.508. The Morgan fingerprint density at radius 3 is 1.87 bits per heavy atom. The maximum Gasteiger partial charge on any atom is 0.335 e. The largest absolute Gasteiger partial charge is 0.507 e. The van der Waals surface area contributed by atoms with Crippen molar-refractivity contribution in [3.8, 4) is 11.5 Å². The highest BCUT2D eigenvalue weighted by Crippen LogP contribution is 2.29. The van der Waals surface area contributed by atoms with Crippen LogP contribution >= 0.6 is 0 Å². The molecule has 0 saturated carbocycles. The summed E-state index contributed by atoms with van der Waals surface area (Å²) in [6, 6.07) is 1.78. The number of phenolic OH excluding ortho intramolecular Hbond substituents is 2. The molecule has 0 amide bonds. The first-order valence-corrected chi connectivity index (χ1v) is 3.91. The lowest BCUT2D eigenvalue weighted by Crippen LogP contribution is -2.03. The van der Waals surface area contributed by atoms with Crippen molar-refractivity contribution in [3.05, 3.63) is 23.3 Å². The first kappa shape index (κ1) is 10.8. The van der Waals surface area contributed by atoms with Crippen LogP contribution in [0.2, 0.25) is 0 Å². The smallest absolute Gasteiger partial charge is 0.335 e. The van der Waals surface area contributed by atoms with Gasteiger partial charge in [-0.15, -0.1) is 0 Å². The molecule has 1 rings (SSSR count). The Bertz CT molecular complexity index is 400. The molecular formula is C9H8O6. The van der Waals surface area contributed by atoms with Gasteiger partial charge in [-0.2, -0.15) is 0 Å². The summed E-state index contributed by atoms with van der Waals surface area (Å²) >= 11 is 0. The molecule has 0 aliphatic heterocycles. The third kappa shape index (κ3) is 2.37. The van der Waals surface area contributed by atoms with Gasteiger partial charge in [0.2, 0.25) is 0 Å². The Hall–Kier alpha value is -2.24. The lowest BCUT2D eigenvalue weighted by molar-refractivity contribution is -0.136. The lowest BCUT2D eigenvalue weighted by Gasteiger charge is -2.06. The van der Waals surface area contributed by atoms with Gasteiger partial charge in [-0.25, -0.2) is 4.79 Å². The van der Waals surface area contributed by atoms with Gasteiger partial charge in [-0.1, -0.05) is 0 Å². The quantitative estimate of drug-likeness (QED) is 0.577. The van der Waals surface area contributed by atoms with Crippen LogP contribution in [-0.4, -0.2) is 32.4 Å². The van der Waals surface area contributed by atoms with E-state index in [-0.39, 0.29) is 11.1 Å². The molecule has 6 heteroatoms. The number of phenols is 2. The van der Waals surface area contributed by atoms with E-state index < -0.39 is 29.9 Å². The first-order chi connectivity index (χ1) is 6.91.